The molecule has 0 heterocycles. The summed E-state index contributed by atoms with van der Waals surface area (Å²) in [6.45, 7) is 5.95. The molecule has 2 aromatic carbocycles. The zero-order chi connectivity index (χ0) is 14.5. The van der Waals surface area contributed by atoms with Crippen LogP contribution in [0.5, 0.6) is 0 Å². The molecule has 0 saturated heterocycles. The Morgan fingerprint density at radius 2 is 1.65 bits per heavy atom. The Bertz CT molecular complexity index is 639. The largest absolute Gasteiger partial charge is 0.359 e. The molecular weight excluding hydrogens is 246 g/mol. The van der Waals surface area contributed by atoms with E-state index in [-0.39, 0.29) is 5.78 Å². The second kappa shape index (κ2) is 6.20. The molecule has 2 rings (SSSR count). The first-order chi connectivity index (χ1) is 9.56. The van der Waals surface area contributed by atoms with Crippen molar-refractivity contribution in [2.45, 2.75) is 20.8 Å². The van der Waals surface area contributed by atoms with Gasteiger partial charge in [-0.3, -0.25) is 4.79 Å². The molecule has 0 amide bonds. The maximum atomic E-state index is 12.1. The number of allylic oxidation sites excluding steroid dienone is 2. The molecule has 2 aromatic rings. The number of nitrogens with one attached hydrogen (secondary N) is 1. The van der Waals surface area contributed by atoms with E-state index >= 15 is 0 Å². The lowest BCUT2D eigenvalue weighted by Crippen LogP contribution is -2.02. The molecule has 0 aliphatic carbocycles. The number of benzene rings is 2. The van der Waals surface area contributed by atoms with Gasteiger partial charge >= 0.3 is 0 Å². The molecule has 0 aliphatic rings. The van der Waals surface area contributed by atoms with Gasteiger partial charge in [-0.2, -0.15) is 0 Å². The zero-order valence-corrected chi connectivity index (χ0v) is 12.1. The first kappa shape index (κ1) is 14.1. The van der Waals surface area contributed by atoms with E-state index in [2.05, 4.69) is 5.32 Å². The van der Waals surface area contributed by atoms with Gasteiger partial charge in [-0.05, 0) is 32.4 Å². The topological polar surface area (TPSA) is 29.1 Å². The zero-order valence-electron chi connectivity index (χ0n) is 12.1. The number of anilines is 1. The van der Waals surface area contributed by atoms with Crippen molar-refractivity contribution in [2.75, 3.05) is 5.32 Å². The Hall–Kier alpha value is -2.35. The van der Waals surface area contributed by atoms with Crippen LogP contribution in [0.3, 0.4) is 0 Å². The van der Waals surface area contributed by atoms with Crippen LogP contribution in [0.4, 0.5) is 5.69 Å². The molecule has 0 atom stereocenters. The summed E-state index contributed by atoms with van der Waals surface area (Å²) in [4.78, 5) is 12.1. The maximum absolute atomic E-state index is 12.1. The lowest BCUT2D eigenvalue weighted by molar-refractivity contribution is 0.104. The monoisotopic (exact) mass is 265 g/mol. The Morgan fingerprint density at radius 1 is 1.00 bits per heavy atom. The van der Waals surface area contributed by atoms with Gasteiger partial charge in [-0.15, -0.1) is 0 Å². The number of carbonyl (C=O) groups excluding carboxylic acids is 1. The van der Waals surface area contributed by atoms with Crippen molar-refractivity contribution in [3.05, 3.63) is 77.0 Å². The quantitative estimate of drug-likeness (QED) is 0.651. The molecule has 0 saturated carbocycles. The third-order valence-corrected chi connectivity index (χ3v) is 3.16. The van der Waals surface area contributed by atoms with E-state index in [1.54, 1.807) is 6.08 Å². The molecule has 20 heavy (non-hydrogen) atoms. The highest BCUT2D eigenvalue weighted by atomic mass is 16.1. The molecule has 0 radical (unpaired) electrons. The molecular formula is C18H19NO. The molecule has 0 spiro atoms. The average molecular weight is 265 g/mol. The minimum absolute atomic E-state index is 0.0172. The smallest absolute Gasteiger partial charge is 0.187 e. The highest BCUT2D eigenvalue weighted by molar-refractivity contribution is 6.05. The second-order valence-corrected chi connectivity index (χ2v) is 5.00. The van der Waals surface area contributed by atoms with E-state index in [0.717, 1.165) is 22.5 Å². The number of carbonyl (C=O) groups is 1. The number of hydrogen-bond donors (Lipinski definition) is 1. The fourth-order valence-corrected chi connectivity index (χ4v) is 1.96. The van der Waals surface area contributed by atoms with Crippen LogP contribution in [0, 0.1) is 13.8 Å². The van der Waals surface area contributed by atoms with Crippen LogP contribution >= 0.6 is 0 Å². The Balaban J connectivity index is 2.12. The van der Waals surface area contributed by atoms with Crippen molar-refractivity contribution in [1.29, 1.82) is 0 Å². The third-order valence-electron chi connectivity index (χ3n) is 3.16. The summed E-state index contributed by atoms with van der Waals surface area (Å²) in [6.07, 6.45) is 1.64. The Labute approximate surface area is 120 Å². The third kappa shape index (κ3) is 3.58. The van der Waals surface area contributed by atoms with Gasteiger partial charge in [0, 0.05) is 23.0 Å². The van der Waals surface area contributed by atoms with Crippen molar-refractivity contribution in [1.82, 2.24) is 0 Å². The molecule has 0 fully saturated rings. The van der Waals surface area contributed by atoms with Crippen molar-refractivity contribution < 1.29 is 4.79 Å². The summed E-state index contributed by atoms with van der Waals surface area (Å²) >= 11 is 0. The Kier molecular flexibility index (Phi) is 4.36. The van der Waals surface area contributed by atoms with E-state index in [1.165, 1.54) is 0 Å². The van der Waals surface area contributed by atoms with Crippen LogP contribution < -0.4 is 5.32 Å². The predicted octanol–water partition coefficient (Wildman–Crippen LogP) is 4.50. The average Bonchev–Trinajstić information content (AvgIpc) is 2.42. The van der Waals surface area contributed by atoms with Crippen molar-refractivity contribution in [3.63, 3.8) is 0 Å². The molecule has 1 N–H and O–H groups in total. The molecule has 0 bridgehead atoms. The lowest BCUT2D eigenvalue weighted by Gasteiger charge is -2.09. The molecule has 0 aliphatic heterocycles. The van der Waals surface area contributed by atoms with Crippen LogP contribution in [0.15, 0.2) is 60.3 Å². The summed E-state index contributed by atoms with van der Waals surface area (Å²) in [5.74, 6) is 0.0172. The summed E-state index contributed by atoms with van der Waals surface area (Å²) < 4.78 is 0. The van der Waals surface area contributed by atoms with Gasteiger partial charge in [0.2, 0.25) is 0 Å². The highest BCUT2D eigenvalue weighted by Gasteiger charge is 2.03. The summed E-state index contributed by atoms with van der Waals surface area (Å²) in [6, 6.07) is 15.6. The second-order valence-electron chi connectivity index (χ2n) is 5.00. The number of para-hydroxylation sites is 1. The Morgan fingerprint density at radius 3 is 2.30 bits per heavy atom. The van der Waals surface area contributed by atoms with E-state index in [9.17, 15) is 4.79 Å². The minimum atomic E-state index is 0.0172. The molecule has 2 nitrogen and oxygen atoms in total. The molecule has 0 unspecified atom stereocenters. The van der Waals surface area contributed by atoms with Gasteiger partial charge < -0.3 is 5.32 Å². The van der Waals surface area contributed by atoms with Gasteiger partial charge in [0.05, 0.1) is 0 Å². The summed E-state index contributed by atoms with van der Waals surface area (Å²) in [5, 5.41) is 3.26. The van der Waals surface area contributed by atoms with Crippen LogP contribution in [-0.2, 0) is 0 Å². The number of ketones is 1. The first-order valence-electron chi connectivity index (χ1n) is 6.68. The van der Waals surface area contributed by atoms with Crippen LogP contribution in [0.2, 0.25) is 0 Å². The number of aryl methyl sites for hydroxylation is 2. The normalized spacial score (nSPS) is 11.2. The van der Waals surface area contributed by atoms with Crippen molar-refractivity contribution in [3.8, 4) is 0 Å². The number of rotatable bonds is 4. The predicted molar refractivity (Wildman–Crippen MR) is 84.1 cm³/mol. The molecule has 0 aromatic heterocycles. The lowest BCUT2D eigenvalue weighted by atomic mass is 10.1. The van der Waals surface area contributed by atoms with E-state index in [0.29, 0.717) is 5.56 Å². The van der Waals surface area contributed by atoms with Crippen molar-refractivity contribution >= 4 is 11.5 Å². The molecule has 102 valence electrons. The minimum Gasteiger partial charge on any atom is -0.359 e. The summed E-state index contributed by atoms with van der Waals surface area (Å²) in [7, 11) is 0. The maximum Gasteiger partial charge on any atom is 0.187 e. The highest BCUT2D eigenvalue weighted by Crippen LogP contribution is 2.16. The number of hydrogen-bond acceptors (Lipinski definition) is 2. The van der Waals surface area contributed by atoms with Crippen LogP contribution in [0.25, 0.3) is 0 Å². The standard InChI is InChI=1S/C18H19NO/c1-13-8-10-16(11-9-13)18(20)12-15(3)19-17-7-5-4-6-14(17)2/h4-12,19H,1-3H3. The van der Waals surface area contributed by atoms with Crippen LogP contribution in [0.1, 0.15) is 28.4 Å². The van der Waals surface area contributed by atoms with E-state index < -0.39 is 0 Å². The first-order valence-corrected chi connectivity index (χ1v) is 6.68. The fraction of sp³-hybridized carbons (Fsp3) is 0.167. The van der Waals surface area contributed by atoms with Gasteiger partial charge in [0.25, 0.3) is 0 Å². The van der Waals surface area contributed by atoms with Crippen LogP contribution in [-0.4, -0.2) is 5.78 Å². The van der Waals surface area contributed by atoms with Gasteiger partial charge in [0.15, 0.2) is 5.78 Å². The van der Waals surface area contributed by atoms with E-state index in [4.69, 9.17) is 0 Å². The van der Waals surface area contributed by atoms with Crippen molar-refractivity contribution in [2.24, 2.45) is 0 Å². The SMILES string of the molecule is CC(=CC(=O)c1ccc(C)cc1)Nc1ccccc1C. The fourth-order valence-electron chi connectivity index (χ4n) is 1.96. The van der Waals surface area contributed by atoms with Gasteiger partial charge in [0.1, 0.15) is 0 Å². The van der Waals surface area contributed by atoms with Gasteiger partial charge in [-0.1, -0.05) is 48.0 Å². The molecule has 2 heteroatoms. The van der Waals surface area contributed by atoms with E-state index in [1.807, 2.05) is 69.3 Å². The summed E-state index contributed by atoms with van der Waals surface area (Å²) in [5.41, 5.74) is 4.88. The van der Waals surface area contributed by atoms with Gasteiger partial charge in [-0.25, -0.2) is 0 Å².